The minimum Gasteiger partial charge on any atom is -0.399 e. The second-order valence-electron chi connectivity index (χ2n) is 6.75. The molecule has 1 heterocycles. The summed E-state index contributed by atoms with van der Waals surface area (Å²) in [4.78, 5) is 13.5. The number of aromatic nitrogens is 3. The van der Waals surface area contributed by atoms with E-state index in [1.54, 1.807) is 6.08 Å². The van der Waals surface area contributed by atoms with Crippen molar-refractivity contribution in [1.29, 1.82) is 0 Å². The van der Waals surface area contributed by atoms with Crippen LogP contribution in [0, 0.1) is 5.92 Å². The molecule has 0 radical (unpaired) electrons. The summed E-state index contributed by atoms with van der Waals surface area (Å²) in [5, 5.41) is 9.75. The Morgan fingerprint density at radius 3 is 2.69 bits per heavy atom. The molecule has 0 saturated heterocycles. The minimum atomic E-state index is 0.435. The monoisotopic (exact) mass is 389 g/mol. The fourth-order valence-electron chi connectivity index (χ4n) is 2.51. The zero-order valence-corrected chi connectivity index (χ0v) is 16.6. The van der Waals surface area contributed by atoms with Gasteiger partial charge in [0.25, 0.3) is 0 Å². The predicted octanol–water partition coefficient (Wildman–Crippen LogP) is 4.63. The van der Waals surface area contributed by atoms with Crippen molar-refractivity contribution in [2.45, 2.75) is 19.8 Å². The van der Waals surface area contributed by atoms with Gasteiger partial charge in [-0.2, -0.15) is 15.0 Å². The summed E-state index contributed by atoms with van der Waals surface area (Å²) in [5.41, 5.74) is 8.18. The van der Waals surface area contributed by atoms with Crippen molar-refractivity contribution >= 4 is 29.2 Å². The van der Waals surface area contributed by atoms with E-state index in [4.69, 9.17) is 5.73 Å². The highest BCUT2D eigenvalue weighted by molar-refractivity contribution is 5.61. The normalized spacial score (nSPS) is 14.3. The lowest BCUT2D eigenvalue weighted by molar-refractivity contribution is 0.870. The smallest absolute Gasteiger partial charge is 0.233 e. The van der Waals surface area contributed by atoms with Crippen LogP contribution < -0.4 is 21.7 Å². The van der Waals surface area contributed by atoms with Gasteiger partial charge in [-0.1, -0.05) is 36.9 Å². The first-order valence-corrected chi connectivity index (χ1v) is 9.68. The molecule has 7 heteroatoms. The lowest BCUT2D eigenvalue weighted by Crippen LogP contribution is -2.12. The van der Waals surface area contributed by atoms with E-state index in [9.17, 15) is 0 Å². The standard InChI is InChI=1S/C22H27N7/c1-3-5-9-18(10-6-4-2)25-21-27-20(24-15-16-12-13-16)28-22(29-21)26-19-11-7-8-17(23)14-19/h3-11,14,16H,1,12-13,15,23H2,2H3,(H3,24,25,26,27,28,29)/b6-4-,9-5-,18-10+. The SMILES string of the molecule is C=C\C=C/C(=C\C=C/C)Nc1nc(NCC2CC2)nc(Nc2cccc(N)c2)n1. The molecule has 0 aliphatic heterocycles. The molecule has 5 N–H and O–H groups in total. The number of benzene rings is 1. The summed E-state index contributed by atoms with van der Waals surface area (Å²) in [5.74, 6) is 2.10. The molecule has 3 rings (SSSR count). The fraction of sp³-hybridized carbons (Fsp3) is 0.227. The second kappa shape index (κ2) is 10.1. The van der Waals surface area contributed by atoms with Crippen molar-refractivity contribution in [2.75, 3.05) is 28.2 Å². The number of hydrogen-bond acceptors (Lipinski definition) is 7. The van der Waals surface area contributed by atoms with Crippen molar-refractivity contribution in [3.8, 4) is 0 Å². The van der Waals surface area contributed by atoms with Crippen molar-refractivity contribution in [2.24, 2.45) is 5.92 Å². The molecule has 1 aliphatic rings. The number of anilines is 5. The molecule has 1 aliphatic carbocycles. The van der Waals surface area contributed by atoms with Gasteiger partial charge in [0.05, 0.1) is 0 Å². The number of nitrogens with two attached hydrogens (primary N) is 1. The molecule has 1 aromatic carbocycles. The van der Waals surface area contributed by atoms with Crippen LogP contribution in [0.4, 0.5) is 29.2 Å². The van der Waals surface area contributed by atoms with Gasteiger partial charge in [0, 0.05) is 23.6 Å². The van der Waals surface area contributed by atoms with Gasteiger partial charge in [-0.25, -0.2) is 0 Å². The molecule has 7 nitrogen and oxygen atoms in total. The van der Waals surface area contributed by atoms with Crippen LogP contribution in [0.3, 0.4) is 0 Å². The average Bonchev–Trinajstić information content (AvgIpc) is 3.53. The summed E-state index contributed by atoms with van der Waals surface area (Å²) >= 11 is 0. The van der Waals surface area contributed by atoms with Gasteiger partial charge in [0.2, 0.25) is 17.8 Å². The van der Waals surface area contributed by atoms with Gasteiger partial charge in [0.15, 0.2) is 0 Å². The van der Waals surface area contributed by atoms with E-state index in [2.05, 4.69) is 37.5 Å². The first-order chi connectivity index (χ1) is 14.2. The molecule has 1 aromatic heterocycles. The number of allylic oxidation sites excluding steroid dienone is 6. The highest BCUT2D eigenvalue weighted by Gasteiger charge is 2.21. The van der Waals surface area contributed by atoms with Crippen LogP contribution >= 0.6 is 0 Å². The summed E-state index contributed by atoms with van der Waals surface area (Å²) in [6.45, 7) is 6.54. The van der Waals surface area contributed by atoms with Gasteiger partial charge in [0.1, 0.15) is 0 Å². The maximum atomic E-state index is 5.87. The number of rotatable bonds is 10. The zero-order chi connectivity index (χ0) is 20.5. The van der Waals surface area contributed by atoms with Gasteiger partial charge in [-0.3, -0.25) is 0 Å². The minimum absolute atomic E-state index is 0.435. The molecular formula is C22H27N7. The van der Waals surface area contributed by atoms with Crippen molar-refractivity contribution in [3.63, 3.8) is 0 Å². The van der Waals surface area contributed by atoms with Crippen LogP contribution in [-0.4, -0.2) is 21.5 Å². The Morgan fingerprint density at radius 1 is 1.17 bits per heavy atom. The highest BCUT2D eigenvalue weighted by Crippen LogP contribution is 2.28. The Kier molecular flexibility index (Phi) is 7.00. The molecule has 2 aromatic rings. The first kappa shape index (κ1) is 20.1. The molecule has 1 saturated carbocycles. The Labute approximate surface area is 171 Å². The molecule has 0 atom stereocenters. The summed E-state index contributed by atoms with van der Waals surface area (Å²) in [6, 6.07) is 7.45. The van der Waals surface area contributed by atoms with Gasteiger partial charge in [-0.15, -0.1) is 0 Å². The van der Waals surface area contributed by atoms with Gasteiger partial charge < -0.3 is 21.7 Å². The fourth-order valence-corrected chi connectivity index (χ4v) is 2.51. The summed E-state index contributed by atoms with van der Waals surface area (Å²) in [6.07, 6.45) is 13.8. The number of nitrogens with zero attached hydrogens (tertiary/aromatic N) is 3. The van der Waals surface area contributed by atoms with E-state index in [0.717, 1.165) is 17.9 Å². The van der Waals surface area contributed by atoms with Crippen molar-refractivity contribution in [3.05, 3.63) is 73.0 Å². The third kappa shape index (κ3) is 6.80. The van der Waals surface area contributed by atoms with Crippen LogP contribution in [0.2, 0.25) is 0 Å². The zero-order valence-electron chi connectivity index (χ0n) is 16.6. The topological polar surface area (TPSA) is 101 Å². The number of nitrogen functional groups attached to an aromatic ring is 1. The van der Waals surface area contributed by atoms with Crippen LogP contribution in [0.15, 0.2) is 73.0 Å². The Balaban J connectivity index is 1.85. The maximum Gasteiger partial charge on any atom is 0.233 e. The second-order valence-corrected chi connectivity index (χ2v) is 6.75. The van der Waals surface area contributed by atoms with E-state index < -0.39 is 0 Å². The van der Waals surface area contributed by atoms with Gasteiger partial charge >= 0.3 is 0 Å². The van der Waals surface area contributed by atoms with E-state index in [0.29, 0.717) is 29.5 Å². The van der Waals surface area contributed by atoms with Crippen LogP contribution in [0.5, 0.6) is 0 Å². The maximum absolute atomic E-state index is 5.87. The molecular weight excluding hydrogens is 362 g/mol. The lowest BCUT2D eigenvalue weighted by Gasteiger charge is -2.12. The summed E-state index contributed by atoms with van der Waals surface area (Å²) < 4.78 is 0. The van der Waals surface area contributed by atoms with E-state index in [-0.39, 0.29) is 0 Å². The largest absolute Gasteiger partial charge is 0.399 e. The van der Waals surface area contributed by atoms with Crippen molar-refractivity contribution < 1.29 is 0 Å². The molecule has 0 unspecified atom stereocenters. The molecule has 0 amide bonds. The lowest BCUT2D eigenvalue weighted by atomic mass is 10.3. The highest BCUT2D eigenvalue weighted by atomic mass is 15.3. The van der Waals surface area contributed by atoms with Crippen molar-refractivity contribution in [1.82, 2.24) is 15.0 Å². The van der Waals surface area contributed by atoms with Gasteiger partial charge in [-0.05, 0) is 56.0 Å². The molecule has 150 valence electrons. The molecule has 0 bridgehead atoms. The Bertz CT molecular complexity index is 927. The number of hydrogen-bond donors (Lipinski definition) is 4. The third-order valence-electron chi connectivity index (χ3n) is 4.16. The predicted molar refractivity (Wildman–Crippen MR) is 121 cm³/mol. The molecule has 29 heavy (non-hydrogen) atoms. The van der Waals surface area contributed by atoms with E-state index in [1.165, 1.54) is 12.8 Å². The average molecular weight is 390 g/mol. The van der Waals surface area contributed by atoms with Crippen LogP contribution in [-0.2, 0) is 0 Å². The van der Waals surface area contributed by atoms with Crippen LogP contribution in [0.25, 0.3) is 0 Å². The number of nitrogens with one attached hydrogen (secondary N) is 3. The van der Waals surface area contributed by atoms with E-state index >= 15 is 0 Å². The van der Waals surface area contributed by atoms with Crippen LogP contribution in [0.1, 0.15) is 19.8 Å². The van der Waals surface area contributed by atoms with E-state index in [1.807, 2.05) is 61.6 Å². The quantitative estimate of drug-likeness (QED) is 0.347. The molecule has 0 spiro atoms. The summed E-state index contributed by atoms with van der Waals surface area (Å²) in [7, 11) is 0. The Morgan fingerprint density at radius 2 is 1.97 bits per heavy atom. The Hall–Kier alpha value is -3.61. The third-order valence-corrected chi connectivity index (χ3v) is 4.16. The molecule has 1 fully saturated rings. The first-order valence-electron chi connectivity index (χ1n) is 9.68.